The molecule has 1 unspecified atom stereocenters. The minimum absolute atomic E-state index is 0.0552. The van der Waals surface area contributed by atoms with E-state index < -0.39 is 17.7 Å². The van der Waals surface area contributed by atoms with Gasteiger partial charge in [-0.1, -0.05) is 24.3 Å². The number of benzene rings is 1. The van der Waals surface area contributed by atoms with Crippen LogP contribution in [0.1, 0.15) is 65.5 Å². The van der Waals surface area contributed by atoms with Crippen molar-refractivity contribution in [1.29, 1.82) is 0 Å². The van der Waals surface area contributed by atoms with Gasteiger partial charge in [-0.2, -0.15) is 5.10 Å². The van der Waals surface area contributed by atoms with Crippen LogP contribution in [0.25, 0.3) is 16.9 Å². The van der Waals surface area contributed by atoms with Crippen LogP contribution in [0.5, 0.6) is 0 Å². The molecule has 204 valence electrons. The number of hydrogen-bond donors (Lipinski definition) is 1. The maximum atomic E-state index is 15.3. The lowest BCUT2D eigenvalue weighted by Gasteiger charge is -2.35. The molecule has 1 N–H and O–H groups in total. The van der Waals surface area contributed by atoms with Crippen molar-refractivity contribution in [1.82, 2.24) is 24.5 Å². The number of anilines is 1. The molecule has 1 saturated carbocycles. The molecule has 2 fully saturated rings. The zero-order chi connectivity index (χ0) is 27.5. The van der Waals surface area contributed by atoms with Crippen molar-refractivity contribution < 1.29 is 19.1 Å². The number of carboxylic acid groups (broad SMARTS) is 1. The monoisotopic (exact) mass is 540 g/mol. The quantitative estimate of drug-likeness (QED) is 0.398. The van der Waals surface area contributed by atoms with Gasteiger partial charge in [0.1, 0.15) is 17.3 Å². The molecule has 0 bridgehead atoms. The van der Waals surface area contributed by atoms with Crippen LogP contribution in [-0.4, -0.2) is 61.1 Å². The van der Waals surface area contributed by atoms with E-state index in [-0.39, 0.29) is 23.4 Å². The van der Waals surface area contributed by atoms with Gasteiger partial charge in [0.25, 0.3) is 5.91 Å². The van der Waals surface area contributed by atoms with E-state index in [1.54, 1.807) is 15.5 Å². The summed E-state index contributed by atoms with van der Waals surface area (Å²) >= 11 is 0. The highest BCUT2D eigenvalue weighted by Crippen LogP contribution is 2.41. The molecule has 4 aromatic rings. The van der Waals surface area contributed by atoms with Gasteiger partial charge in [-0.15, -0.1) is 0 Å². The van der Waals surface area contributed by atoms with Gasteiger partial charge in [-0.25, -0.2) is 18.9 Å². The molecule has 9 nitrogen and oxygen atoms in total. The van der Waals surface area contributed by atoms with E-state index in [0.29, 0.717) is 48.9 Å². The molecule has 10 heteroatoms. The number of fused-ring (bicyclic) bond motifs is 2. The number of hydrogen-bond acceptors (Lipinski definition) is 6. The molecule has 7 rings (SSSR count). The number of carboxylic acids is 1. The summed E-state index contributed by atoms with van der Waals surface area (Å²) in [7, 11) is 0. The summed E-state index contributed by atoms with van der Waals surface area (Å²) in [5.74, 6) is -1.23. The number of carbonyl (C=O) groups excluding carboxylic acids is 1. The Kier molecular flexibility index (Phi) is 5.80. The molecule has 1 amide bonds. The average Bonchev–Trinajstić information content (AvgIpc) is 3.51. The number of rotatable bonds is 5. The molecule has 3 aromatic heterocycles. The van der Waals surface area contributed by atoms with Gasteiger partial charge in [0, 0.05) is 49.6 Å². The van der Waals surface area contributed by atoms with Gasteiger partial charge in [0.15, 0.2) is 5.65 Å². The van der Waals surface area contributed by atoms with Crippen LogP contribution in [0.15, 0.2) is 48.7 Å². The fourth-order valence-corrected chi connectivity index (χ4v) is 6.06. The van der Waals surface area contributed by atoms with E-state index in [9.17, 15) is 14.7 Å². The molecule has 1 saturated heterocycles. The normalized spacial score (nSPS) is 20.6. The van der Waals surface area contributed by atoms with E-state index in [2.05, 4.69) is 29.1 Å². The summed E-state index contributed by atoms with van der Waals surface area (Å²) < 4.78 is 17.1. The molecule has 1 aliphatic carbocycles. The van der Waals surface area contributed by atoms with E-state index in [4.69, 9.17) is 4.98 Å². The third kappa shape index (κ3) is 4.18. The first-order valence-corrected chi connectivity index (χ1v) is 13.8. The number of aromatic nitrogens is 4. The topological polar surface area (TPSA) is 104 Å². The Labute approximate surface area is 230 Å². The highest BCUT2D eigenvalue weighted by Gasteiger charge is 2.33. The second-order valence-electron chi connectivity index (χ2n) is 11.1. The molecular formula is C30H29FN6O3. The van der Waals surface area contributed by atoms with Gasteiger partial charge in [0.05, 0.1) is 23.2 Å². The summed E-state index contributed by atoms with van der Waals surface area (Å²) in [4.78, 5) is 37.8. The SMILES string of the molecule is C[C@@H]1c2ccccc2CCN1C(=O)c1cc(C2CC2)n2nc(-c3cnc(N4CCC(C(=O)O)C4)cc3F)cc2n1. The number of aliphatic carboxylic acids is 1. The van der Waals surface area contributed by atoms with Crippen LogP contribution in [-0.2, 0) is 11.2 Å². The number of pyridine rings is 1. The van der Waals surface area contributed by atoms with Crippen molar-refractivity contribution in [2.75, 3.05) is 24.5 Å². The Balaban J connectivity index is 1.21. The lowest BCUT2D eigenvalue weighted by Crippen LogP contribution is -2.39. The maximum absolute atomic E-state index is 15.3. The predicted octanol–water partition coefficient (Wildman–Crippen LogP) is 4.48. The molecular weight excluding hydrogens is 511 g/mol. The fourth-order valence-electron chi connectivity index (χ4n) is 6.06. The lowest BCUT2D eigenvalue weighted by atomic mass is 9.93. The van der Waals surface area contributed by atoms with Crippen molar-refractivity contribution in [3.05, 3.63) is 77.0 Å². The summed E-state index contributed by atoms with van der Waals surface area (Å²) in [6.07, 6.45) is 4.76. The number of carbonyl (C=O) groups is 2. The van der Waals surface area contributed by atoms with Crippen LogP contribution >= 0.6 is 0 Å². The van der Waals surface area contributed by atoms with Crippen LogP contribution in [0.4, 0.5) is 10.2 Å². The molecule has 0 spiro atoms. The van der Waals surface area contributed by atoms with Gasteiger partial charge < -0.3 is 14.9 Å². The van der Waals surface area contributed by atoms with Gasteiger partial charge in [-0.3, -0.25) is 9.59 Å². The zero-order valence-corrected chi connectivity index (χ0v) is 22.1. The number of halogens is 1. The molecule has 2 atom stereocenters. The van der Waals surface area contributed by atoms with Gasteiger partial charge in [-0.05, 0) is 49.8 Å². The minimum atomic E-state index is -0.847. The molecule has 2 aliphatic heterocycles. The summed E-state index contributed by atoms with van der Waals surface area (Å²) in [6, 6.07) is 13.1. The lowest BCUT2D eigenvalue weighted by molar-refractivity contribution is -0.140. The Morgan fingerprint density at radius 1 is 1.07 bits per heavy atom. The predicted molar refractivity (Wildman–Crippen MR) is 146 cm³/mol. The van der Waals surface area contributed by atoms with Crippen LogP contribution in [0.2, 0.25) is 0 Å². The smallest absolute Gasteiger partial charge is 0.308 e. The molecule has 1 aromatic carbocycles. The summed E-state index contributed by atoms with van der Waals surface area (Å²) in [5, 5.41) is 14.0. The highest BCUT2D eigenvalue weighted by molar-refractivity contribution is 5.93. The first-order chi connectivity index (χ1) is 19.4. The second-order valence-corrected chi connectivity index (χ2v) is 11.1. The van der Waals surface area contributed by atoms with Gasteiger partial charge >= 0.3 is 5.97 Å². The largest absolute Gasteiger partial charge is 0.481 e. The summed E-state index contributed by atoms with van der Waals surface area (Å²) in [6.45, 7) is 3.50. The third-order valence-electron chi connectivity index (χ3n) is 8.50. The van der Waals surface area contributed by atoms with E-state index >= 15 is 4.39 Å². The number of amides is 1. The Morgan fingerprint density at radius 3 is 2.65 bits per heavy atom. The molecule has 40 heavy (non-hydrogen) atoms. The van der Waals surface area contributed by atoms with Crippen LogP contribution in [0.3, 0.4) is 0 Å². The van der Waals surface area contributed by atoms with E-state index in [1.165, 1.54) is 17.8 Å². The van der Waals surface area contributed by atoms with Crippen molar-refractivity contribution >= 4 is 23.3 Å². The van der Waals surface area contributed by atoms with Crippen LogP contribution in [0, 0.1) is 11.7 Å². The Morgan fingerprint density at radius 2 is 1.90 bits per heavy atom. The Bertz CT molecular complexity index is 1660. The first-order valence-electron chi connectivity index (χ1n) is 13.8. The zero-order valence-electron chi connectivity index (χ0n) is 22.1. The van der Waals surface area contributed by atoms with E-state index in [0.717, 1.165) is 30.5 Å². The van der Waals surface area contributed by atoms with Crippen molar-refractivity contribution in [3.8, 4) is 11.3 Å². The Hall–Kier alpha value is -4.34. The third-order valence-corrected chi connectivity index (χ3v) is 8.50. The standard InChI is InChI=1S/C30H29FN6O3/c1-17-21-5-3-2-4-18(21)9-11-36(17)29(38)25-13-26(19-6-7-19)37-28(33-25)14-24(34-37)22-15-32-27(12-23(22)31)35-10-8-20(16-35)30(39)40/h2-5,12-15,17,19-20H,6-11,16H2,1H3,(H,39,40)/t17-,20?/m1/s1. The highest BCUT2D eigenvalue weighted by atomic mass is 19.1. The second kappa shape index (κ2) is 9.39. The van der Waals surface area contributed by atoms with Gasteiger partial charge in [0.2, 0.25) is 0 Å². The molecule has 0 radical (unpaired) electrons. The molecule has 5 heterocycles. The molecule has 3 aliphatic rings. The van der Waals surface area contributed by atoms with Crippen LogP contribution < -0.4 is 4.90 Å². The van der Waals surface area contributed by atoms with Crippen molar-refractivity contribution in [3.63, 3.8) is 0 Å². The number of nitrogens with zero attached hydrogens (tertiary/aromatic N) is 6. The van der Waals surface area contributed by atoms with Crippen molar-refractivity contribution in [2.45, 2.75) is 44.6 Å². The fraction of sp³-hybridized carbons (Fsp3) is 0.367. The first kappa shape index (κ1) is 24.7. The maximum Gasteiger partial charge on any atom is 0.308 e. The summed E-state index contributed by atoms with van der Waals surface area (Å²) in [5.41, 5.74) is 4.85. The van der Waals surface area contributed by atoms with Crippen molar-refractivity contribution in [2.24, 2.45) is 5.92 Å². The average molecular weight is 541 g/mol. The van der Waals surface area contributed by atoms with E-state index in [1.807, 2.05) is 23.1 Å². The minimum Gasteiger partial charge on any atom is -0.481 e.